The van der Waals surface area contributed by atoms with Gasteiger partial charge in [0, 0.05) is 18.8 Å². The highest BCUT2D eigenvalue weighted by Gasteiger charge is 2.33. The molecule has 1 heterocycles. The summed E-state index contributed by atoms with van der Waals surface area (Å²) in [6, 6.07) is 4.90. The monoisotopic (exact) mass is 304 g/mol. The number of benzene rings is 1. The Morgan fingerprint density at radius 2 is 1.95 bits per heavy atom. The molecule has 1 aliphatic rings. The molecule has 0 spiro atoms. The van der Waals surface area contributed by atoms with Crippen LogP contribution in [0.5, 0.6) is 5.75 Å². The highest BCUT2D eigenvalue weighted by atomic mass is 19.4. The molecule has 2 N–H and O–H groups in total. The van der Waals surface area contributed by atoms with Crippen LogP contribution >= 0.6 is 0 Å². The summed E-state index contributed by atoms with van der Waals surface area (Å²) in [7, 11) is 0. The van der Waals surface area contributed by atoms with Crippen LogP contribution in [0.15, 0.2) is 24.3 Å². The molecule has 1 aliphatic heterocycles. The maximum atomic E-state index is 12.0. The van der Waals surface area contributed by atoms with Crippen molar-refractivity contribution in [3.8, 4) is 5.75 Å². The van der Waals surface area contributed by atoms with Crippen LogP contribution in [0, 0.1) is 0 Å². The Hall–Kier alpha value is -1.80. The van der Waals surface area contributed by atoms with E-state index in [0.717, 1.165) is 12.1 Å². The van der Waals surface area contributed by atoms with Crippen molar-refractivity contribution in [1.29, 1.82) is 0 Å². The molecule has 0 bridgehead atoms. The van der Waals surface area contributed by atoms with Crippen LogP contribution in [0.4, 0.5) is 18.9 Å². The van der Waals surface area contributed by atoms with Gasteiger partial charge in [0.15, 0.2) is 0 Å². The number of carbonyl (C=O) groups is 1. The molecule has 5 nitrogen and oxygen atoms in total. The zero-order chi connectivity index (χ0) is 15.5. The minimum atomic E-state index is -4.73. The van der Waals surface area contributed by atoms with E-state index in [4.69, 9.17) is 4.74 Å². The topological polar surface area (TPSA) is 59.6 Å². The van der Waals surface area contributed by atoms with Crippen molar-refractivity contribution in [2.24, 2.45) is 0 Å². The summed E-state index contributed by atoms with van der Waals surface area (Å²) < 4.78 is 45.1. The van der Waals surface area contributed by atoms with Crippen LogP contribution in [-0.2, 0) is 9.53 Å². The van der Waals surface area contributed by atoms with Crippen LogP contribution in [0.25, 0.3) is 0 Å². The van der Waals surface area contributed by atoms with E-state index in [1.165, 1.54) is 12.1 Å². The molecule has 2 rings (SSSR count). The molecule has 0 aromatic heterocycles. The van der Waals surface area contributed by atoms with Gasteiger partial charge in [0.2, 0.25) is 5.91 Å². The Kier molecular flexibility index (Phi) is 4.38. The van der Waals surface area contributed by atoms with E-state index in [9.17, 15) is 18.0 Å². The summed E-state index contributed by atoms with van der Waals surface area (Å²) >= 11 is 0. The summed E-state index contributed by atoms with van der Waals surface area (Å²) in [5.74, 6) is -0.711. The largest absolute Gasteiger partial charge is 0.573 e. The number of hydrogen-bond donors (Lipinski definition) is 2. The molecule has 8 heteroatoms. The minimum absolute atomic E-state index is 0.112. The summed E-state index contributed by atoms with van der Waals surface area (Å²) in [6.45, 7) is 3.15. The first-order chi connectivity index (χ1) is 9.76. The number of halogens is 3. The molecular weight excluding hydrogens is 289 g/mol. The molecule has 1 aromatic carbocycles. The lowest BCUT2D eigenvalue weighted by Crippen LogP contribution is -2.59. The van der Waals surface area contributed by atoms with Gasteiger partial charge in [-0.15, -0.1) is 13.2 Å². The zero-order valence-electron chi connectivity index (χ0n) is 11.3. The van der Waals surface area contributed by atoms with E-state index in [0.29, 0.717) is 18.8 Å². The van der Waals surface area contributed by atoms with E-state index in [1.807, 2.05) is 6.92 Å². The van der Waals surface area contributed by atoms with Crippen LogP contribution in [-0.4, -0.2) is 37.6 Å². The molecule has 1 fully saturated rings. The smallest absolute Gasteiger partial charge is 0.406 e. The van der Waals surface area contributed by atoms with Crippen molar-refractivity contribution < 1.29 is 27.4 Å². The molecule has 0 unspecified atom stereocenters. The first-order valence-corrected chi connectivity index (χ1v) is 6.26. The molecule has 0 radical (unpaired) electrons. The SMILES string of the molecule is CC1(OCC(=O)Nc2ccc(OC(F)(F)F)cc2)CNC1. The summed E-state index contributed by atoms with van der Waals surface area (Å²) in [6.07, 6.45) is -4.73. The van der Waals surface area contributed by atoms with Crippen LogP contribution < -0.4 is 15.4 Å². The van der Waals surface area contributed by atoms with Gasteiger partial charge in [-0.2, -0.15) is 0 Å². The lowest BCUT2D eigenvalue weighted by Gasteiger charge is -2.38. The van der Waals surface area contributed by atoms with E-state index in [-0.39, 0.29) is 23.9 Å². The molecule has 0 aliphatic carbocycles. The maximum absolute atomic E-state index is 12.0. The van der Waals surface area contributed by atoms with E-state index >= 15 is 0 Å². The third-order valence-corrected chi connectivity index (χ3v) is 2.92. The lowest BCUT2D eigenvalue weighted by molar-refractivity contribution is -0.274. The Balaban J connectivity index is 1.81. The molecule has 1 aromatic rings. The van der Waals surface area contributed by atoms with Gasteiger partial charge in [-0.1, -0.05) is 0 Å². The highest BCUT2D eigenvalue weighted by Crippen LogP contribution is 2.24. The Morgan fingerprint density at radius 1 is 1.33 bits per heavy atom. The van der Waals surface area contributed by atoms with Crippen molar-refractivity contribution in [3.05, 3.63) is 24.3 Å². The van der Waals surface area contributed by atoms with Crippen LogP contribution in [0.2, 0.25) is 0 Å². The van der Waals surface area contributed by atoms with Crippen molar-refractivity contribution in [2.75, 3.05) is 25.0 Å². The van der Waals surface area contributed by atoms with Gasteiger partial charge in [0.25, 0.3) is 0 Å². The average molecular weight is 304 g/mol. The summed E-state index contributed by atoms with van der Waals surface area (Å²) in [5, 5.41) is 5.57. The molecule has 0 saturated carbocycles. The fourth-order valence-corrected chi connectivity index (χ4v) is 1.76. The second kappa shape index (κ2) is 5.90. The predicted molar refractivity (Wildman–Crippen MR) is 69.0 cm³/mol. The number of ether oxygens (including phenoxy) is 2. The number of alkyl halides is 3. The third-order valence-electron chi connectivity index (χ3n) is 2.92. The fourth-order valence-electron chi connectivity index (χ4n) is 1.76. The van der Waals surface area contributed by atoms with Gasteiger partial charge in [-0.3, -0.25) is 4.79 Å². The van der Waals surface area contributed by atoms with Crippen molar-refractivity contribution in [3.63, 3.8) is 0 Å². The van der Waals surface area contributed by atoms with E-state index < -0.39 is 6.36 Å². The average Bonchev–Trinajstić information content (AvgIpc) is 2.35. The standard InChI is InChI=1S/C13H15F3N2O3/c1-12(7-17-8-12)20-6-11(19)18-9-2-4-10(5-3-9)21-13(14,15)16/h2-5,17H,6-8H2,1H3,(H,18,19). The number of nitrogens with one attached hydrogen (secondary N) is 2. The second-order valence-corrected chi connectivity index (χ2v) is 4.96. The van der Waals surface area contributed by atoms with E-state index in [1.54, 1.807) is 0 Å². The maximum Gasteiger partial charge on any atom is 0.573 e. The van der Waals surface area contributed by atoms with Gasteiger partial charge in [0.1, 0.15) is 12.4 Å². The minimum Gasteiger partial charge on any atom is -0.406 e. The van der Waals surface area contributed by atoms with Gasteiger partial charge in [0.05, 0.1) is 5.60 Å². The number of hydrogen-bond acceptors (Lipinski definition) is 4. The zero-order valence-corrected chi connectivity index (χ0v) is 11.3. The molecule has 1 amide bonds. The second-order valence-electron chi connectivity index (χ2n) is 4.96. The molecule has 116 valence electrons. The predicted octanol–water partition coefficient (Wildman–Crippen LogP) is 1.90. The van der Waals surface area contributed by atoms with Crippen LogP contribution in [0.3, 0.4) is 0 Å². The first kappa shape index (κ1) is 15.6. The Bertz CT molecular complexity index is 498. The quantitative estimate of drug-likeness (QED) is 0.872. The Labute approximate surface area is 119 Å². The van der Waals surface area contributed by atoms with Gasteiger partial charge in [-0.25, -0.2) is 0 Å². The number of rotatable bonds is 5. The summed E-state index contributed by atoms with van der Waals surface area (Å²) in [4.78, 5) is 11.6. The van der Waals surface area contributed by atoms with Gasteiger partial charge < -0.3 is 20.1 Å². The first-order valence-electron chi connectivity index (χ1n) is 6.26. The molecule has 1 saturated heterocycles. The number of anilines is 1. The molecule has 0 atom stereocenters. The molecular formula is C13H15F3N2O3. The van der Waals surface area contributed by atoms with Gasteiger partial charge in [-0.05, 0) is 31.2 Å². The lowest BCUT2D eigenvalue weighted by atomic mass is 10.0. The normalized spacial score (nSPS) is 17.0. The number of amides is 1. The Morgan fingerprint density at radius 3 is 2.43 bits per heavy atom. The fraction of sp³-hybridized carbons (Fsp3) is 0.462. The van der Waals surface area contributed by atoms with E-state index in [2.05, 4.69) is 15.4 Å². The van der Waals surface area contributed by atoms with Gasteiger partial charge >= 0.3 is 6.36 Å². The number of carbonyl (C=O) groups excluding carboxylic acids is 1. The molecule has 21 heavy (non-hydrogen) atoms. The summed E-state index contributed by atoms with van der Waals surface area (Å²) in [5.41, 5.74) is 0.0388. The van der Waals surface area contributed by atoms with Crippen LogP contribution in [0.1, 0.15) is 6.92 Å². The third kappa shape index (κ3) is 4.91. The van der Waals surface area contributed by atoms with Crippen molar-refractivity contribution >= 4 is 11.6 Å². The highest BCUT2D eigenvalue weighted by molar-refractivity contribution is 5.91. The van der Waals surface area contributed by atoms with Crippen molar-refractivity contribution in [2.45, 2.75) is 18.9 Å². The van der Waals surface area contributed by atoms with Crippen molar-refractivity contribution in [1.82, 2.24) is 5.32 Å².